The molecule has 1 atom stereocenters. The fourth-order valence-corrected chi connectivity index (χ4v) is 3.27. The molecule has 0 aliphatic rings. The Bertz CT molecular complexity index is 889. The van der Waals surface area contributed by atoms with Crippen molar-refractivity contribution in [3.8, 4) is 16.9 Å². The third-order valence-corrected chi connectivity index (χ3v) is 4.87. The van der Waals surface area contributed by atoms with Crippen molar-refractivity contribution in [1.29, 1.82) is 0 Å². The van der Waals surface area contributed by atoms with E-state index in [0.717, 1.165) is 34.5 Å². The van der Waals surface area contributed by atoms with Gasteiger partial charge in [-0.25, -0.2) is 4.39 Å². The minimum Gasteiger partial charge on any atom is -0.496 e. The molecule has 0 saturated heterocycles. The molecule has 0 aliphatic carbocycles. The summed E-state index contributed by atoms with van der Waals surface area (Å²) in [5, 5.41) is 3.48. The minimum absolute atomic E-state index is 0.129. The van der Waals surface area contributed by atoms with E-state index < -0.39 is 0 Å². The van der Waals surface area contributed by atoms with Gasteiger partial charge in [0.15, 0.2) is 0 Å². The number of halogens is 1. The third-order valence-electron chi connectivity index (χ3n) is 4.87. The van der Waals surface area contributed by atoms with Crippen LogP contribution in [0.25, 0.3) is 11.1 Å². The molecule has 3 rings (SSSR count). The molecule has 2 nitrogen and oxygen atoms in total. The molecule has 0 aromatic heterocycles. The predicted octanol–water partition coefficient (Wildman–Crippen LogP) is 5.70. The van der Waals surface area contributed by atoms with Gasteiger partial charge >= 0.3 is 0 Å². The monoisotopic (exact) mass is 363 g/mol. The van der Waals surface area contributed by atoms with Crippen molar-refractivity contribution in [2.24, 2.45) is 0 Å². The molecule has 0 fully saturated rings. The highest BCUT2D eigenvalue weighted by Gasteiger charge is 2.09. The lowest BCUT2D eigenvalue weighted by molar-refractivity contribution is 0.416. The van der Waals surface area contributed by atoms with E-state index in [9.17, 15) is 4.39 Å². The number of ether oxygens (including phenoxy) is 1. The van der Waals surface area contributed by atoms with Crippen LogP contribution in [0.1, 0.15) is 29.7 Å². The Balaban J connectivity index is 1.62. The van der Waals surface area contributed by atoms with Crippen LogP contribution in [0.2, 0.25) is 0 Å². The smallest absolute Gasteiger partial charge is 0.126 e. The highest BCUT2D eigenvalue weighted by atomic mass is 19.1. The van der Waals surface area contributed by atoms with Crippen LogP contribution in [0.4, 0.5) is 4.39 Å². The van der Waals surface area contributed by atoms with E-state index in [-0.39, 0.29) is 11.9 Å². The van der Waals surface area contributed by atoms with Crippen molar-refractivity contribution in [2.75, 3.05) is 13.7 Å². The van der Waals surface area contributed by atoms with Crippen LogP contribution in [0.15, 0.2) is 66.7 Å². The van der Waals surface area contributed by atoms with Crippen molar-refractivity contribution in [2.45, 2.75) is 26.3 Å². The van der Waals surface area contributed by atoms with Crippen molar-refractivity contribution in [3.63, 3.8) is 0 Å². The third kappa shape index (κ3) is 4.75. The van der Waals surface area contributed by atoms with E-state index in [1.54, 1.807) is 19.2 Å². The number of hydrogen-bond acceptors (Lipinski definition) is 2. The summed E-state index contributed by atoms with van der Waals surface area (Å²) in [6.07, 6.45) is 0.678. The Morgan fingerprint density at radius 2 is 1.74 bits per heavy atom. The summed E-state index contributed by atoms with van der Waals surface area (Å²) >= 11 is 0. The second-order valence-electron chi connectivity index (χ2n) is 6.84. The SMILES string of the molecule is COc1ccccc1-c1ccc(C(C)NCCc2cc(C)ccc2F)cc1. The second-order valence-corrected chi connectivity index (χ2v) is 6.84. The quantitative estimate of drug-likeness (QED) is 0.581. The topological polar surface area (TPSA) is 21.3 Å². The Kier molecular flexibility index (Phi) is 6.25. The van der Waals surface area contributed by atoms with E-state index in [4.69, 9.17) is 4.74 Å². The zero-order chi connectivity index (χ0) is 19.2. The molecule has 27 heavy (non-hydrogen) atoms. The van der Waals surface area contributed by atoms with Gasteiger partial charge < -0.3 is 10.1 Å². The molecule has 0 saturated carbocycles. The van der Waals surface area contributed by atoms with E-state index in [1.807, 2.05) is 31.2 Å². The molecule has 3 heteroatoms. The van der Waals surface area contributed by atoms with Gasteiger partial charge in [0, 0.05) is 11.6 Å². The standard InChI is InChI=1S/C24H26FNO/c1-17-8-13-23(25)21(16-17)14-15-26-18(2)19-9-11-20(12-10-19)22-6-4-5-7-24(22)27-3/h4-13,16,18,26H,14-15H2,1-3H3. The average Bonchev–Trinajstić information content (AvgIpc) is 2.70. The Hall–Kier alpha value is -2.65. The maximum atomic E-state index is 13.8. The summed E-state index contributed by atoms with van der Waals surface area (Å²) in [6.45, 7) is 4.85. The van der Waals surface area contributed by atoms with Gasteiger partial charge in [0.1, 0.15) is 11.6 Å². The molecule has 0 aliphatic heterocycles. The molecule has 0 radical (unpaired) electrons. The first-order valence-corrected chi connectivity index (χ1v) is 9.30. The lowest BCUT2D eigenvalue weighted by Crippen LogP contribution is -2.21. The van der Waals surface area contributed by atoms with Crippen LogP contribution in [-0.4, -0.2) is 13.7 Å². The van der Waals surface area contributed by atoms with Crippen LogP contribution in [0, 0.1) is 12.7 Å². The first-order valence-electron chi connectivity index (χ1n) is 9.30. The summed E-state index contributed by atoms with van der Waals surface area (Å²) < 4.78 is 19.3. The summed E-state index contributed by atoms with van der Waals surface area (Å²) in [7, 11) is 1.69. The van der Waals surface area contributed by atoms with Gasteiger partial charge in [-0.15, -0.1) is 0 Å². The van der Waals surface area contributed by atoms with Crippen molar-refractivity contribution in [3.05, 3.63) is 89.2 Å². The van der Waals surface area contributed by atoms with E-state index in [0.29, 0.717) is 6.42 Å². The summed E-state index contributed by atoms with van der Waals surface area (Å²) in [5.41, 5.74) is 5.28. The van der Waals surface area contributed by atoms with Crippen molar-refractivity contribution < 1.29 is 9.13 Å². The summed E-state index contributed by atoms with van der Waals surface area (Å²) in [5.74, 6) is 0.743. The van der Waals surface area contributed by atoms with E-state index >= 15 is 0 Å². The Morgan fingerprint density at radius 3 is 2.48 bits per heavy atom. The highest BCUT2D eigenvalue weighted by Crippen LogP contribution is 2.30. The summed E-state index contributed by atoms with van der Waals surface area (Å²) in [6, 6.07) is 22.0. The zero-order valence-electron chi connectivity index (χ0n) is 16.1. The molecule has 3 aromatic rings. The van der Waals surface area contributed by atoms with Gasteiger partial charge in [-0.05, 0) is 55.6 Å². The van der Waals surface area contributed by atoms with Gasteiger partial charge in [0.25, 0.3) is 0 Å². The van der Waals surface area contributed by atoms with Crippen LogP contribution in [0.5, 0.6) is 5.75 Å². The van der Waals surface area contributed by atoms with Gasteiger partial charge in [-0.1, -0.05) is 60.2 Å². The molecule has 1 N–H and O–H groups in total. The highest BCUT2D eigenvalue weighted by molar-refractivity contribution is 5.70. The minimum atomic E-state index is -0.129. The van der Waals surface area contributed by atoms with Gasteiger partial charge in [-0.2, -0.15) is 0 Å². The van der Waals surface area contributed by atoms with E-state index in [1.165, 1.54) is 5.56 Å². The van der Waals surface area contributed by atoms with E-state index in [2.05, 4.69) is 42.6 Å². The molecule has 140 valence electrons. The predicted molar refractivity (Wildman–Crippen MR) is 110 cm³/mol. The zero-order valence-corrected chi connectivity index (χ0v) is 16.1. The van der Waals surface area contributed by atoms with Crippen molar-refractivity contribution in [1.82, 2.24) is 5.32 Å². The maximum absolute atomic E-state index is 13.8. The molecular weight excluding hydrogens is 337 g/mol. The molecular formula is C24H26FNO. The molecule has 0 spiro atoms. The Labute approximate surface area is 161 Å². The fourth-order valence-electron chi connectivity index (χ4n) is 3.27. The maximum Gasteiger partial charge on any atom is 0.126 e. The van der Waals surface area contributed by atoms with Crippen LogP contribution < -0.4 is 10.1 Å². The van der Waals surface area contributed by atoms with Crippen LogP contribution in [0.3, 0.4) is 0 Å². The molecule has 1 unspecified atom stereocenters. The molecule has 0 amide bonds. The lowest BCUT2D eigenvalue weighted by Gasteiger charge is -2.16. The van der Waals surface area contributed by atoms with Gasteiger partial charge in [0.05, 0.1) is 7.11 Å². The van der Waals surface area contributed by atoms with Crippen LogP contribution >= 0.6 is 0 Å². The number of benzene rings is 3. The number of para-hydroxylation sites is 1. The largest absolute Gasteiger partial charge is 0.496 e. The lowest BCUT2D eigenvalue weighted by atomic mass is 10.0. The normalized spacial score (nSPS) is 12.0. The van der Waals surface area contributed by atoms with Gasteiger partial charge in [0.2, 0.25) is 0 Å². The molecule has 3 aromatic carbocycles. The number of rotatable bonds is 7. The molecule has 0 heterocycles. The number of hydrogen-bond donors (Lipinski definition) is 1. The number of methoxy groups -OCH3 is 1. The van der Waals surface area contributed by atoms with Gasteiger partial charge in [-0.3, -0.25) is 0 Å². The van der Waals surface area contributed by atoms with Crippen molar-refractivity contribution >= 4 is 0 Å². The second kappa shape index (κ2) is 8.83. The first-order chi connectivity index (χ1) is 13.1. The molecule has 0 bridgehead atoms. The van der Waals surface area contributed by atoms with Crippen LogP contribution in [-0.2, 0) is 6.42 Å². The first kappa shape index (κ1) is 19.1. The number of aryl methyl sites for hydroxylation is 1. The average molecular weight is 363 g/mol. The Morgan fingerprint density at radius 1 is 1.00 bits per heavy atom. The fraction of sp³-hybridized carbons (Fsp3) is 0.250. The summed E-state index contributed by atoms with van der Waals surface area (Å²) in [4.78, 5) is 0. The number of nitrogens with one attached hydrogen (secondary N) is 1.